The number of hydrogen-bond acceptors (Lipinski definition) is 4. The molecule has 0 saturated carbocycles. The monoisotopic (exact) mass is 526 g/mol. The fraction of sp³-hybridized carbons (Fsp3) is 0.391. The second-order valence-electron chi connectivity index (χ2n) is 6.86. The molecule has 150 valence electrons. The fourth-order valence-electron chi connectivity index (χ4n) is 3.23. The summed E-state index contributed by atoms with van der Waals surface area (Å²) in [6.45, 7) is 5.28. The molecule has 3 rings (SSSR count). The van der Waals surface area contributed by atoms with Gasteiger partial charge in [0.05, 0.1) is 16.6 Å². The highest BCUT2D eigenvalue weighted by Crippen LogP contribution is 2.44. The molecule has 0 aliphatic carbocycles. The molecule has 0 radical (unpaired) electrons. The summed E-state index contributed by atoms with van der Waals surface area (Å²) in [7, 11) is 1.74. The SMILES string of the molecule is CCCCC(CC)COc1cc(-c2ccc(I)s2)c(OC)cc1-c1cccs1. The van der Waals surface area contributed by atoms with E-state index in [2.05, 4.69) is 78.2 Å². The lowest BCUT2D eigenvalue weighted by atomic mass is 10.0. The Morgan fingerprint density at radius 3 is 2.43 bits per heavy atom. The lowest BCUT2D eigenvalue weighted by molar-refractivity contribution is 0.234. The first-order valence-corrected chi connectivity index (χ1v) is 12.6. The minimum atomic E-state index is 0.601. The van der Waals surface area contributed by atoms with E-state index in [-0.39, 0.29) is 0 Å². The van der Waals surface area contributed by atoms with Crippen molar-refractivity contribution >= 4 is 45.3 Å². The highest BCUT2D eigenvalue weighted by molar-refractivity contribution is 14.1. The van der Waals surface area contributed by atoms with Crippen molar-refractivity contribution in [3.05, 3.63) is 44.7 Å². The van der Waals surface area contributed by atoms with E-state index in [1.54, 1.807) is 29.8 Å². The Morgan fingerprint density at radius 1 is 1.04 bits per heavy atom. The van der Waals surface area contributed by atoms with Gasteiger partial charge in [0.1, 0.15) is 11.5 Å². The summed E-state index contributed by atoms with van der Waals surface area (Å²) in [6.07, 6.45) is 4.88. The molecule has 2 nitrogen and oxygen atoms in total. The zero-order valence-electron chi connectivity index (χ0n) is 16.7. The Balaban J connectivity index is 1.97. The van der Waals surface area contributed by atoms with Crippen LogP contribution in [0.3, 0.4) is 0 Å². The first-order chi connectivity index (χ1) is 13.7. The number of benzene rings is 1. The molecule has 1 atom stereocenters. The summed E-state index contributed by atoms with van der Waals surface area (Å²) in [5, 5.41) is 2.11. The zero-order valence-corrected chi connectivity index (χ0v) is 20.5. The molecule has 0 aliphatic rings. The standard InChI is InChI=1S/C23H27IO2S2/c1-4-6-8-16(5-2)15-26-20-14-17(22-10-11-23(24)28-22)19(25-3)13-18(20)21-9-7-12-27-21/h7,9-14,16H,4-6,8,15H2,1-3H3. The van der Waals surface area contributed by atoms with Crippen LogP contribution in [0.1, 0.15) is 39.5 Å². The first kappa shape index (κ1) is 21.7. The average Bonchev–Trinajstić information content (AvgIpc) is 3.39. The number of thiophene rings is 2. The molecule has 2 heterocycles. The summed E-state index contributed by atoms with van der Waals surface area (Å²) < 4.78 is 13.5. The van der Waals surface area contributed by atoms with Crippen LogP contribution in [0.15, 0.2) is 41.8 Å². The molecular formula is C23H27IO2S2. The second-order valence-corrected chi connectivity index (χ2v) is 10.8. The summed E-state index contributed by atoms with van der Waals surface area (Å²) >= 11 is 5.88. The van der Waals surface area contributed by atoms with Gasteiger partial charge in [-0.15, -0.1) is 22.7 Å². The minimum absolute atomic E-state index is 0.601. The van der Waals surface area contributed by atoms with E-state index in [0.29, 0.717) is 5.92 Å². The third-order valence-electron chi connectivity index (χ3n) is 4.94. The van der Waals surface area contributed by atoms with Gasteiger partial charge in [-0.3, -0.25) is 0 Å². The molecular weight excluding hydrogens is 499 g/mol. The molecule has 0 aliphatic heterocycles. The Morgan fingerprint density at radius 2 is 1.82 bits per heavy atom. The Kier molecular flexibility index (Phi) is 8.23. The third-order valence-corrected chi connectivity index (χ3v) is 7.78. The van der Waals surface area contributed by atoms with Gasteiger partial charge >= 0.3 is 0 Å². The molecule has 2 aromatic heterocycles. The molecule has 0 N–H and O–H groups in total. The minimum Gasteiger partial charge on any atom is -0.496 e. The Bertz CT molecular complexity index is 871. The number of methoxy groups -OCH3 is 1. The molecule has 5 heteroatoms. The second kappa shape index (κ2) is 10.6. The molecule has 0 saturated heterocycles. The molecule has 0 spiro atoms. The topological polar surface area (TPSA) is 18.5 Å². The van der Waals surface area contributed by atoms with Crippen molar-refractivity contribution in [2.24, 2.45) is 5.92 Å². The van der Waals surface area contributed by atoms with Gasteiger partial charge in [-0.1, -0.05) is 39.2 Å². The average molecular weight is 527 g/mol. The summed E-state index contributed by atoms with van der Waals surface area (Å²) in [4.78, 5) is 2.42. The van der Waals surface area contributed by atoms with Crippen molar-refractivity contribution in [2.45, 2.75) is 39.5 Å². The van der Waals surface area contributed by atoms with Gasteiger partial charge in [0.2, 0.25) is 0 Å². The zero-order chi connectivity index (χ0) is 19.9. The van der Waals surface area contributed by atoms with E-state index < -0.39 is 0 Å². The maximum Gasteiger partial charge on any atom is 0.128 e. The van der Waals surface area contributed by atoms with Gasteiger partial charge < -0.3 is 9.47 Å². The van der Waals surface area contributed by atoms with Crippen molar-refractivity contribution < 1.29 is 9.47 Å². The lowest BCUT2D eigenvalue weighted by Crippen LogP contribution is -2.11. The number of hydrogen-bond donors (Lipinski definition) is 0. The van der Waals surface area contributed by atoms with Gasteiger partial charge in [-0.25, -0.2) is 0 Å². The van der Waals surface area contributed by atoms with Crippen LogP contribution in [0.4, 0.5) is 0 Å². The maximum absolute atomic E-state index is 6.43. The van der Waals surface area contributed by atoms with Crippen LogP contribution in [0.5, 0.6) is 11.5 Å². The summed E-state index contributed by atoms with van der Waals surface area (Å²) in [6, 6.07) is 12.8. The largest absolute Gasteiger partial charge is 0.496 e. The van der Waals surface area contributed by atoms with Crippen LogP contribution in [-0.4, -0.2) is 13.7 Å². The Labute approximate surface area is 190 Å². The van der Waals surface area contributed by atoms with Crippen molar-refractivity contribution in [3.8, 4) is 32.4 Å². The molecule has 3 aromatic rings. The highest BCUT2D eigenvalue weighted by Gasteiger charge is 2.18. The molecule has 0 bridgehead atoms. The van der Waals surface area contributed by atoms with Gasteiger partial charge in [-0.2, -0.15) is 0 Å². The smallest absolute Gasteiger partial charge is 0.128 e. The Hall–Kier alpha value is -1.05. The van der Waals surface area contributed by atoms with Crippen molar-refractivity contribution in [1.82, 2.24) is 0 Å². The molecule has 28 heavy (non-hydrogen) atoms. The van der Waals surface area contributed by atoms with Gasteiger partial charge in [0, 0.05) is 20.9 Å². The van der Waals surface area contributed by atoms with Crippen LogP contribution < -0.4 is 9.47 Å². The molecule has 0 amide bonds. The van der Waals surface area contributed by atoms with Crippen LogP contribution in [0, 0.1) is 8.80 Å². The number of unbranched alkanes of at least 4 members (excludes halogenated alkanes) is 1. The fourth-order valence-corrected chi connectivity index (χ4v) is 5.62. The third kappa shape index (κ3) is 5.30. The van der Waals surface area contributed by atoms with E-state index in [0.717, 1.165) is 35.7 Å². The quantitative estimate of drug-likeness (QED) is 0.247. The van der Waals surface area contributed by atoms with Gasteiger partial charge in [0.15, 0.2) is 0 Å². The summed E-state index contributed by atoms with van der Waals surface area (Å²) in [5.41, 5.74) is 2.22. The molecule has 1 unspecified atom stereocenters. The predicted molar refractivity (Wildman–Crippen MR) is 131 cm³/mol. The van der Waals surface area contributed by atoms with Gasteiger partial charge in [0.25, 0.3) is 0 Å². The predicted octanol–water partition coefficient (Wildman–Crippen LogP) is 8.35. The van der Waals surface area contributed by atoms with Crippen LogP contribution >= 0.6 is 45.3 Å². The molecule has 1 aromatic carbocycles. The normalized spacial score (nSPS) is 12.1. The van der Waals surface area contributed by atoms with Crippen molar-refractivity contribution in [2.75, 3.05) is 13.7 Å². The van der Waals surface area contributed by atoms with Crippen molar-refractivity contribution in [1.29, 1.82) is 0 Å². The maximum atomic E-state index is 6.43. The first-order valence-electron chi connectivity index (χ1n) is 9.80. The van der Waals surface area contributed by atoms with E-state index in [9.17, 15) is 0 Å². The lowest BCUT2D eigenvalue weighted by Gasteiger charge is -2.19. The van der Waals surface area contributed by atoms with E-state index in [1.165, 1.54) is 31.9 Å². The number of ether oxygens (including phenoxy) is 2. The highest BCUT2D eigenvalue weighted by atomic mass is 127. The van der Waals surface area contributed by atoms with Crippen LogP contribution in [0.2, 0.25) is 0 Å². The van der Waals surface area contributed by atoms with E-state index >= 15 is 0 Å². The van der Waals surface area contributed by atoms with Crippen LogP contribution in [0.25, 0.3) is 20.9 Å². The van der Waals surface area contributed by atoms with E-state index in [1.807, 2.05) is 0 Å². The molecule has 0 fully saturated rings. The van der Waals surface area contributed by atoms with Crippen molar-refractivity contribution in [3.63, 3.8) is 0 Å². The number of halogens is 1. The van der Waals surface area contributed by atoms with Gasteiger partial charge in [-0.05, 0) is 70.6 Å². The van der Waals surface area contributed by atoms with Crippen LogP contribution in [-0.2, 0) is 0 Å². The van der Waals surface area contributed by atoms with E-state index in [4.69, 9.17) is 9.47 Å². The number of rotatable bonds is 10. The summed E-state index contributed by atoms with van der Waals surface area (Å²) in [5.74, 6) is 2.45.